The predicted octanol–water partition coefficient (Wildman–Crippen LogP) is 2.27. The minimum atomic E-state index is -0.862. The number of benzene rings is 1. The Balaban J connectivity index is 2.85. The lowest BCUT2D eigenvalue weighted by Gasteiger charge is -2.15. The molecule has 1 atom stereocenters. The number of nitrogens with one attached hydrogen (secondary N) is 1. The molecule has 3 N–H and O–H groups in total. The average molecular weight is 224 g/mol. The van der Waals surface area contributed by atoms with Crippen molar-refractivity contribution in [2.45, 2.75) is 25.8 Å². The van der Waals surface area contributed by atoms with E-state index in [-0.39, 0.29) is 5.56 Å². The van der Waals surface area contributed by atoms with Crippen molar-refractivity contribution in [3.8, 4) is 11.8 Å². The van der Waals surface area contributed by atoms with E-state index in [1.54, 1.807) is 6.92 Å². The molecule has 86 valence electrons. The largest absolute Gasteiger partial charge is 0.271 e. The van der Waals surface area contributed by atoms with Gasteiger partial charge in [0, 0.05) is 18.0 Å². The molecule has 1 aromatic carbocycles. The first-order valence-electron chi connectivity index (χ1n) is 5.00. The summed E-state index contributed by atoms with van der Waals surface area (Å²) in [5.41, 5.74) is 2.71. The predicted molar refractivity (Wildman–Crippen MR) is 59.1 cm³/mol. The zero-order valence-corrected chi connectivity index (χ0v) is 9.06. The number of rotatable bonds is 4. The molecule has 0 radical (unpaired) electrons. The third-order valence-corrected chi connectivity index (χ3v) is 2.29. The molecular weight excluding hydrogens is 210 g/mol. The topological polar surface area (TPSA) is 38.0 Å². The zero-order valence-electron chi connectivity index (χ0n) is 9.06. The van der Waals surface area contributed by atoms with Crippen LogP contribution in [0, 0.1) is 23.5 Å². The summed E-state index contributed by atoms with van der Waals surface area (Å²) in [4.78, 5) is 0. The Morgan fingerprint density at radius 2 is 2.19 bits per heavy atom. The van der Waals surface area contributed by atoms with Crippen LogP contribution in [0.15, 0.2) is 18.2 Å². The van der Waals surface area contributed by atoms with Crippen LogP contribution in [0.1, 0.15) is 31.4 Å². The van der Waals surface area contributed by atoms with Gasteiger partial charge in [0.15, 0.2) is 11.6 Å². The van der Waals surface area contributed by atoms with Gasteiger partial charge in [0.2, 0.25) is 0 Å². The van der Waals surface area contributed by atoms with Crippen LogP contribution in [0.2, 0.25) is 0 Å². The van der Waals surface area contributed by atoms with Gasteiger partial charge in [-0.2, -0.15) is 0 Å². The van der Waals surface area contributed by atoms with E-state index in [4.69, 9.17) is 5.84 Å². The highest BCUT2D eigenvalue weighted by molar-refractivity contribution is 5.22. The molecule has 0 amide bonds. The average Bonchev–Trinajstić information content (AvgIpc) is 2.29. The zero-order chi connectivity index (χ0) is 12.0. The number of hydrogen-bond acceptors (Lipinski definition) is 2. The Labute approximate surface area is 93.8 Å². The highest BCUT2D eigenvalue weighted by atomic mass is 19.2. The van der Waals surface area contributed by atoms with Crippen molar-refractivity contribution in [3.63, 3.8) is 0 Å². The van der Waals surface area contributed by atoms with E-state index >= 15 is 0 Å². The third kappa shape index (κ3) is 3.02. The van der Waals surface area contributed by atoms with E-state index in [9.17, 15) is 8.78 Å². The van der Waals surface area contributed by atoms with Gasteiger partial charge in [-0.3, -0.25) is 11.3 Å². The molecule has 0 spiro atoms. The molecule has 0 fully saturated rings. The summed E-state index contributed by atoms with van der Waals surface area (Å²) in [5, 5.41) is 0. The summed E-state index contributed by atoms with van der Waals surface area (Å²) in [6.45, 7) is 1.73. The van der Waals surface area contributed by atoms with E-state index in [0.717, 1.165) is 6.07 Å². The second kappa shape index (κ2) is 6.21. The van der Waals surface area contributed by atoms with E-state index < -0.39 is 17.7 Å². The van der Waals surface area contributed by atoms with Crippen molar-refractivity contribution >= 4 is 0 Å². The summed E-state index contributed by atoms with van der Waals surface area (Å²) in [7, 11) is 0. The molecule has 0 aliphatic carbocycles. The van der Waals surface area contributed by atoms with E-state index in [1.807, 2.05) is 0 Å². The molecule has 0 saturated carbocycles. The third-order valence-electron chi connectivity index (χ3n) is 2.29. The quantitative estimate of drug-likeness (QED) is 0.468. The molecule has 0 aliphatic rings. The molecule has 1 unspecified atom stereocenters. The maximum Gasteiger partial charge on any atom is 0.163 e. The first-order chi connectivity index (χ1) is 7.70. The van der Waals surface area contributed by atoms with Gasteiger partial charge in [-0.15, -0.1) is 11.8 Å². The van der Waals surface area contributed by atoms with Crippen LogP contribution >= 0.6 is 0 Å². The highest BCUT2D eigenvalue weighted by Crippen LogP contribution is 2.22. The second-order valence-corrected chi connectivity index (χ2v) is 3.33. The van der Waals surface area contributed by atoms with Gasteiger partial charge in [0.1, 0.15) is 0 Å². The van der Waals surface area contributed by atoms with E-state index in [2.05, 4.69) is 17.3 Å². The normalized spacial score (nSPS) is 11.8. The maximum absolute atomic E-state index is 13.4. The highest BCUT2D eigenvalue weighted by Gasteiger charge is 2.16. The number of halogens is 2. The molecule has 1 aromatic rings. The second-order valence-electron chi connectivity index (χ2n) is 3.33. The lowest BCUT2D eigenvalue weighted by molar-refractivity contribution is 0.455. The first-order valence-corrected chi connectivity index (χ1v) is 5.00. The van der Waals surface area contributed by atoms with Crippen LogP contribution in [0.5, 0.6) is 0 Å². The summed E-state index contributed by atoms with van der Waals surface area (Å²) in [6.07, 6.45) is 1.12. The Kier molecular flexibility index (Phi) is 4.90. The van der Waals surface area contributed by atoms with Gasteiger partial charge in [0.05, 0.1) is 0 Å². The van der Waals surface area contributed by atoms with Gasteiger partial charge >= 0.3 is 0 Å². The lowest BCUT2D eigenvalue weighted by atomic mass is 10.0. The van der Waals surface area contributed by atoms with E-state index in [0.29, 0.717) is 12.8 Å². The van der Waals surface area contributed by atoms with Crippen molar-refractivity contribution in [1.82, 2.24) is 5.43 Å². The number of hydrazine groups is 1. The van der Waals surface area contributed by atoms with Crippen LogP contribution in [-0.2, 0) is 0 Å². The van der Waals surface area contributed by atoms with Crippen LogP contribution in [-0.4, -0.2) is 0 Å². The molecule has 0 bridgehead atoms. The molecule has 4 heteroatoms. The van der Waals surface area contributed by atoms with Crippen LogP contribution in [0.3, 0.4) is 0 Å². The Hall–Kier alpha value is -1.44. The standard InChI is InChI=1S/C12H14F2N2/c1-2-3-4-8-11(16-15)9-6-5-7-10(13)12(9)14/h5-7,11,16H,4,8,15H2,1H3. The first kappa shape index (κ1) is 12.6. The molecule has 2 nitrogen and oxygen atoms in total. The van der Waals surface area contributed by atoms with Gasteiger partial charge in [-0.05, 0) is 19.4 Å². The SMILES string of the molecule is CC#CCCC(NN)c1cccc(F)c1F. The van der Waals surface area contributed by atoms with E-state index in [1.165, 1.54) is 12.1 Å². The van der Waals surface area contributed by atoms with Crippen molar-refractivity contribution in [1.29, 1.82) is 0 Å². The Morgan fingerprint density at radius 1 is 1.44 bits per heavy atom. The van der Waals surface area contributed by atoms with Crippen molar-refractivity contribution in [2.75, 3.05) is 0 Å². The lowest BCUT2D eigenvalue weighted by Crippen LogP contribution is -2.28. The fraction of sp³-hybridized carbons (Fsp3) is 0.333. The van der Waals surface area contributed by atoms with Crippen LogP contribution < -0.4 is 11.3 Å². The smallest absolute Gasteiger partial charge is 0.163 e. The van der Waals surface area contributed by atoms with Crippen LogP contribution in [0.4, 0.5) is 8.78 Å². The summed E-state index contributed by atoms with van der Waals surface area (Å²) >= 11 is 0. The molecule has 0 saturated heterocycles. The summed E-state index contributed by atoms with van der Waals surface area (Å²) in [6, 6.07) is 3.64. The van der Waals surface area contributed by atoms with Crippen molar-refractivity contribution < 1.29 is 8.78 Å². The summed E-state index contributed by atoms with van der Waals surface area (Å²) in [5.74, 6) is 9.20. The molecule has 1 rings (SSSR count). The van der Waals surface area contributed by atoms with Gasteiger partial charge in [0.25, 0.3) is 0 Å². The maximum atomic E-state index is 13.4. The Morgan fingerprint density at radius 3 is 2.81 bits per heavy atom. The van der Waals surface area contributed by atoms with Gasteiger partial charge < -0.3 is 0 Å². The molecule has 0 aromatic heterocycles. The Bertz CT molecular complexity index is 407. The van der Waals surface area contributed by atoms with Gasteiger partial charge in [-0.1, -0.05) is 12.1 Å². The minimum Gasteiger partial charge on any atom is -0.271 e. The van der Waals surface area contributed by atoms with Crippen molar-refractivity contribution in [3.05, 3.63) is 35.4 Å². The number of hydrogen-bond donors (Lipinski definition) is 2. The fourth-order valence-electron chi connectivity index (χ4n) is 1.46. The molecule has 0 aliphatic heterocycles. The van der Waals surface area contributed by atoms with Gasteiger partial charge in [-0.25, -0.2) is 8.78 Å². The minimum absolute atomic E-state index is 0.236. The molecular formula is C12H14F2N2. The molecule has 0 heterocycles. The van der Waals surface area contributed by atoms with Crippen molar-refractivity contribution in [2.24, 2.45) is 5.84 Å². The molecule has 16 heavy (non-hydrogen) atoms. The number of nitrogens with two attached hydrogens (primary N) is 1. The van der Waals surface area contributed by atoms with Crippen LogP contribution in [0.25, 0.3) is 0 Å². The fourth-order valence-corrected chi connectivity index (χ4v) is 1.46. The summed E-state index contributed by atoms with van der Waals surface area (Å²) < 4.78 is 26.4. The monoisotopic (exact) mass is 224 g/mol.